The number of thiophene rings is 1. The van der Waals surface area contributed by atoms with Crippen molar-refractivity contribution in [3.05, 3.63) is 99.0 Å². The minimum atomic E-state index is -3.69. The number of carbonyl (C=O) groups is 1. The third-order valence-corrected chi connectivity index (χ3v) is 8.10. The number of sulfonamides is 1. The van der Waals surface area contributed by atoms with Crippen molar-refractivity contribution in [3.8, 4) is 11.1 Å². The number of halogens is 2. The van der Waals surface area contributed by atoms with Gasteiger partial charge in [0.15, 0.2) is 11.6 Å². The molecule has 0 spiro atoms. The Morgan fingerprint density at radius 2 is 1.89 bits per heavy atom. The van der Waals surface area contributed by atoms with E-state index in [9.17, 15) is 13.2 Å². The molecule has 0 aliphatic carbocycles. The van der Waals surface area contributed by atoms with E-state index in [2.05, 4.69) is 20.2 Å². The molecule has 5 aromatic rings. The van der Waals surface area contributed by atoms with Crippen LogP contribution in [0, 0.1) is 12.7 Å². The maximum atomic E-state index is 15.3. The van der Waals surface area contributed by atoms with E-state index in [1.807, 2.05) is 6.92 Å². The highest BCUT2D eigenvalue weighted by molar-refractivity contribution is 7.91. The first-order valence-corrected chi connectivity index (χ1v) is 14.0. The lowest BCUT2D eigenvalue weighted by molar-refractivity contribution is 0.102. The van der Waals surface area contributed by atoms with Crippen LogP contribution in [0.15, 0.2) is 71.4 Å². The third-order valence-electron chi connectivity index (χ3n) is 5.75. The molecule has 0 saturated heterocycles. The Morgan fingerprint density at radius 3 is 2.59 bits per heavy atom. The molecular formula is C26H20ClFN4O3S2. The van der Waals surface area contributed by atoms with E-state index in [1.54, 1.807) is 71.4 Å². The van der Waals surface area contributed by atoms with Gasteiger partial charge < -0.3 is 5.32 Å². The number of aromatic nitrogens is 2. The number of amides is 1. The van der Waals surface area contributed by atoms with Crippen molar-refractivity contribution in [1.29, 1.82) is 0 Å². The summed E-state index contributed by atoms with van der Waals surface area (Å²) in [4.78, 5) is 12.3. The molecule has 0 aliphatic rings. The lowest BCUT2D eigenvalue weighted by atomic mass is 10.0. The highest BCUT2D eigenvalue weighted by Gasteiger charge is 2.18. The van der Waals surface area contributed by atoms with E-state index in [0.717, 1.165) is 5.56 Å². The van der Waals surface area contributed by atoms with Crippen molar-refractivity contribution in [2.24, 2.45) is 0 Å². The molecule has 188 valence electrons. The first kappa shape index (κ1) is 24.9. The van der Waals surface area contributed by atoms with Gasteiger partial charge >= 0.3 is 0 Å². The van der Waals surface area contributed by atoms with Gasteiger partial charge in [-0.3, -0.25) is 14.6 Å². The largest absolute Gasteiger partial charge is 0.305 e. The normalized spacial score (nSPS) is 11.5. The average Bonchev–Trinajstić information content (AvgIpc) is 3.53. The van der Waals surface area contributed by atoms with Crippen LogP contribution in [0.1, 0.15) is 21.5 Å². The Morgan fingerprint density at radius 1 is 1.11 bits per heavy atom. The molecule has 0 bridgehead atoms. The van der Waals surface area contributed by atoms with E-state index in [1.165, 1.54) is 11.3 Å². The van der Waals surface area contributed by atoms with E-state index in [0.29, 0.717) is 38.4 Å². The van der Waals surface area contributed by atoms with Gasteiger partial charge in [0.1, 0.15) is 5.52 Å². The second-order valence-electron chi connectivity index (χ2n) is 8.41. The second kappa shape index (κ2) is 9.97. The van der Waals surface area contributed by atoms with Gasteiger partial charge in [-0.05, 0) is 59.3 Å². The molecule has 0 radical (unpaired) electrons. The zero-order chi connectivity index (χ0) is 26.2. The summed E-state index contributed by atoms with van der Waals surface area (Å²) < 4.78 is 43.1. The number of nitrogens with zero attached hydrogens (tertiary/aromatic N) is 1. The maximum Gasteiger partial charge on any atom is 0.257 e. The number of fused-ring (bicyclic) bond motifs is 1. The standard InChI is InChI=1S/C26H20ClFN4O3S2/c1-15-2-3-16(12-22(15)27)14-37(34,35)32-19-6-4-17(5-7-19)20-8-9-21-24(23(20)28)30-31-25(21)29-26(33)18-10-11-36-13-18/h2-13,32H,14H2,1H3,(H2,29,30,31,33). The van der Waals surface area contributed by atoms with Gasteiger partial charge in [0.25, 0.3) is 5.91 Å². The molecular weight excluding hydrogens is 535 g/mol. The van der Waals surface area contributed by atoms with Crippen LogP contribution in [0.2, 0.25) is 5.02 Å². The number of aryl methyl sites for hydroxylation is 1. The molecule has 0 fully saturated rings. The number of carbonyl (C=O) groups excluding carboxylic acids is 1. The van der Waals surface area contributed by atoms with Gasteiger partial charge in [0.05, 0.1) is 11.3 Å². The summed E-state index contributed by atoms with van der Waals surface area (Å²) in [5.41, 5.74) is 3.29. The maximum absolute atomic E-state index is 15.3. The fourth-order valence-corrected chi connectivity index (χ4v) is 5.85. The first-order chi connectivity index (χ1) is 17.7. The van der Waals surface area contributed by atoms with E-state index < -0.39 is 15.8 Å². The topological polar surface area (TPSA) is 104 Å². The molecule has 3 N–H and O–H groups in total. The van der Waals surface area contributed by atoms with Gasteiger partial charge in [0.2, 0.25) is 10.0 Å². The lowest BCUT2D eigenvalue weighted by Crippen LogP contribution is -2.15. The molecule has 0 saturated carbocycles. The SMILES string of the molecule is Cc1ccc(CS(=O)(=O)Nc2ccc(-c3ccc4c(NC(=O)c5ccsc5)n[nH]c4c3F)cc2)cc1Cl. The monoisotopic (exact) mass is 554 g/mol. The van der Waals surface area contributed by atoms with Crippen LogP contribution < -0.4 is 10.0 Å². The predicted octanol–water partition coefficient (Wildman–Crippen LogP) is 6.59. The third kappa shape index (κ3) is 5.36. The van der Waals surface area contributed by atoms with Crippen LogP contribution in [-0.4, -0.2) is 24.5 Å². The van der Waals surface area contributed by atoms with Crippen molar-refractivity contribution >= 4 is 61.3 Å². The fraction of sp³-hybridized carbons (Fsp3) is 0.0769. The number of benzene rings is 3. The minimum Gasteiger partial charge on any atom is -0.305 e. The molecule has 11 heteroatoms. The van der Waals surface area contributed by atoms with Gasteiger partial charge in [-0.2, -0.15) is 16.4 Å². The molecule has 37 heavy (non-hydrogen) atoms. The predicted molar refractivity (Wildman–Crippen MR) is 146 cm³/mol. The number of aromatic amines is 1. The Labute approximate surface area is 221 Å². The van der Waals surface area contributed by atoms with Crippen LogP contribution >= 0.6 is 22.9 Å². The molecule has 7 nitrogen and oxygen atoms in total. The number of nitrogens with one attached hydrogen (secondary N) is 3. The number of H-pyrrole nitrogens is 1. The number of anilines is 2. The first-order valence-electron chi connectivity index (χ1n) is 11.1. The van der Waals surface area contributed by atoms with Crippen LogP contribution in [0.25, 0.3) is 22.0 Å². The minimum absolute atomic E-state index is 0.152. The number of hydrogen-bond donors (Lipinski definition) is 3. The molecule has 1 amide bonds. The second-order valence-corrected chi connectivity index (χ2v) is 11.3. The van der Waals surface area contributed by atoms with Gasteiger partial charge in [-0.1, -0.05) is 41.9 Å². The Bertz CT molecular complexity index is 1720. The van der Waals surface area contributed by atoms with Crippen molar-refractivity contribution in [1.82, 2.24) is 10.2 Å². The van der Waals surface area contributed by atoms with E-state index in [-0.39, 0.29) is 23.0 Å². The summed E-state index contributed by atoms with van der Waals surface area (Å²) in [5.74, 6) is -0.866. The quantitative estimate of drug-likeness (QED) is 0.211. The molecule has 2 aromatic heterocycles. The summed E-state index contributed by atoms with van der Waals surface area (Å²) in [6.07, 6.45) is 0. The van der Waals surface area contributed by atoms with E-state index in [4.69, 9.17) is 11.6 Å². The number of rotatable bonds is 7. The summed E-state index contributed by atoms with van der Waals surface area (Å²) in [7, 11) is -3.69. The van der Waals surface area contributed by atoms with Crippen molar-refractivity contribution in [2.75, 3.05) is 10.0 Å². The Kier molecular flexibility index (Phi) is 6.72. The highest BCUT2D eigenvalue weighted by atomic mass is 35.5. The van der Waals surface area contributed by atoms with Crippen LogP contribution in [0.3, 0.4) is 0 Å². The fourth-order valence-electron chi connectivity index (χ4n) is 3.83. The Hall–Kier alpha value is -3.73. The zero-order valence-corrected chi connectivity index (χ0v) is 21.8. The van der Waals surface area contributed by atoms with Crippen LogP contribution in [-0.2, 0) is 15.8 Å². The number of hydrogen-bond acceptors (Lipinski definition) is 5. The Balaban J connectivity index is 1.33. The van der Waals surface area contributed by atoms with Gasteiger partial charge in [0, 0.05) is 27.0 Å². The molecule has 2 heterocycles. The molecule has 5 rings (SSSR count). The van der Waals surface area contributed by atoms with Crippen molar-refractivity contribution < 1.29 is 17.6 Å². The zero-order valence-electron chi connectivity index (χ0n) is 19.4. The molecule has 0 aliphatic heterocycles. The van der Waals surface area contributed by atoms with E-state index >= 15 is 4.39 Å². The molecule has 0 atom stereocenters. The highest BCUT2D eigenvalue weighted by Crippen LogP contribution is 2.32. The summed E-state index contributed by atoms with van der Waals surface area (Å²) in [6.45, 7) is 1.84. The summed E-state index contributed by atoms with van der Waals surface area (Å²) >= 11 is 7.50. The summed E-state index contributed by atoms with van der Waals surface area (Å²) in [5, 5.41) is 13.9. The molecule has 0 unspecified atom stereocenters. The van der Waals surface area contributed by atoms with Crippen molar-refractivity contribution in [3.63, 3.8) is 0 Å². The van der Waals surface area contributed by atoms with Crippen molar-refractivity contribution in [2.45, 2.75) is 12.7 Å². The van der Waals surface area contributed by atoms with Crippen LogP contribution in [0.4, 0.5) is 15.9 Å². The smallest absolute Gasteiger partial charge is 0.257 e. The average molecular weight is 555 g/mol. The van der Waals surface area contributed by atoms with Gasteiger partial charge in [-0.25, -0.2) is 12.8 Å². The molecule has 3 aromatic carbocycles. The summed E-state index contributed by atoms with van der Waals surface area (Å²) in [6, 6.07) is 16.5. The van der Waals surface area contributed by atoms with Gasteiger partial charge in [-0.15, -0.1) is 0 Å². The lowest BCUT2D eigenvalue weighted by Gasteiger charge is -2.10. The van der Waals surface area contributed by atoms with Crippen LogP contribution in [0.5, 0.6) is 0 Å².